The van der Waals surface area contributed by atoms with Crippen LogP contribution in [0, 0.1) is 5.92 Å². The van der Waals surface area contributed by atoms with Gasteiger partial charge in [0, 0.05) is 11.3 Å². The molecule has 2 N–H and O–H groups in total. The first-order valence-corrected chi connectivity index (χ1v) is 6.99. The molecule has 1 fully saturated rings. The van der Waals surface area contributed by atoms with E-state index >= 15 is 0 Å². The lowest BCUT2D eigenvalue weighted by atomic mass is 9.83. The molecule has 2 rings (SSSR count). The maximum absolute atomic E-state index is 11.6. The fourth-order valence-corrected chi connectivity index (χ4v) is 2.76. The van der Waals surface area contributed by atoms with Gasteiger partial charge in [0.25, 0.3) is 0 Å². The molecule has 1 aromatic heterocycles. The molecular formula is C13H19NO2S. The van der Waals surface area contributed by atoms with Crippen molar-refractivity contribution in [3.05, 3.63) is 22.4 Å². The predicted octanol–water partition coefficient (Wildman–Crippen LogP) is 2.26. The highest BCUT2D eigenvalue weighted by Gasteiger charge is 2.26. The van der Waals surface area contributed by atoms with E-state index in [4.69, 9.17) is 0 Å². The highest BCUT2D eigenvalue weighted by Crippen LogP contribution is 2.29. The zero-order chi connectivity index (χ0) is 12.3. The van der Waals surface area contributed by atoms with Crippen molar-refractivity contribution in [1.29, 1.82) is 0 Å². The highest BCUT2D eigenvalue weighted by molar-refractivity contribution is 7.10. The molecule has 1 amide bonds. The smallest absolute Gasteiger partial charge is 0.220 e. The Morgan fingerprint density at radius 1 is 1.65 bits per heavy atom. The van der Waals surface area contributed by atoms with Gasteiger partial charge in [-0.25, -0.2) is 0 Å². The van der Waals surface area contributed by atoms with Crippen molar-refractivity contribution in [3.63, 3.8) is 0 Å². The number of thiophene rings is 1. The van der Waals surface area contributed by atoms with E-state index in [1.54, 1.807) is 6.92 Å². The molecule has 1 aliphatic carbocycles. The molecule has 3 nitrogen and oxygen atoms in total. The molecule has 1 aromatic rings. The number of carbonyl (C=O) groups excluding carboxylic acids is 1. The van der Waals surface area contributed by atoms with Crippen LogP contribution in [0.3, 0.4) is 0 Å². The predicted molar refractivity (Wildman–Crippen MR) is 68.9 cm³/mol. The number of nitrogens with one attached hydrogen (secondary N) is 1. The number of amides is 1. The third-order valence-corrected chi connectivity index (χ3v) is 4.50. The molecule has 4 heteroatoms. The first-order valence-electron chi connectivity index (χ1n) is 6.11. The van der Waals surface area contributed by atoms with Crippen molar-refractivity contribution in [1.82, 2.24) is 5.32 Å². The Morgan fingerprint density at radius 2 is 2.41 bits per heavy atom. The molecule has 0 aliphatic heterocycles. The summed E-state index contributed by atoms with van der Waals surface area (Å²) in [5.74, 6) is 0.633. The van der Waals surface area contributed by atoms with Gasteiger partial charge in [-0.05, 0) is 37.1 Å². The van der Waals surface area contributed by atoms with E-state index in [1.165, 1.54) is 30.6 Å². The standard InChI is InChI=1S/C13H19NO2S/c1-13(16,11-6-3-7-17-11)9-14-12(15)8-10-4-2-5-10/h3,6-7,10,16H,2,4-5,8-9H2,1H3,(H,14,15). The minimum atomic E-state index is -0.955. The molecule has 0 aromatic carbocycles. The first-order chi connectivity index (χ1) is 8.08. The highest BCUT2D eigenvalue weighted by atomic mass is 32.1. The Bertz CT molecular complexity index is 369. The summed E-state index contributed by atoms with van der Waals surface area (Å²) in [4.78, 5) is 12.5. The van der Waals surface area contributed by atoms with Crippen molar-refractivity contribution in [3.8, 4) is 0 Å². The maximum Gasteiger partial charge on any atom is 0.220 e. The molecule has 1 unspecified atom stereocenters. The van der Waals surface area contributed by atoms with E-state index in [1.807, 2.05) is 17.5 Å². The van der Waals surface area contributed by atoms with Crippen molar-refractivity contribution in [2.24, 2.45) is 5.92 Å². The number of carbonyl (C=O) groups is 1. The van der Waals surface area contributed by atoms with E-state index in [0.717, 1.165) is 4.88 Å². The number of aliphatic hydroxyl groups is 1. The van der Waals surface area contributed by atoms with Gasteiger partial charge in [0.1, 0.15) is 5.60 Å². The summed E-state index contributed by atoms with van der Waals surface area (Å²) < 4.78 is 0. The molecule has 1 heterocycles. The Hall–Kier alpha value is -0.870. The topological polar surface area (TPSA) is 49.3 Å². The number of rotatable bonds is 5. The fourth-order valence-electron chi connectivity index (χ4n) is 1.97. The van der Waals surface area contributed by atoms with E-state index in [-0.39, 0.29) is 5.91 Å². The van der Waals surface area contributed by atoms with Crippen LogP contribution in [0.5, 0.6) is 0 Å². The summed E-state index contributed by atoms with van der Waals surface area (Å²) in [6, 6.07) is 3.80. The maximum atomic E-state index is 11.6. The lowest BCUT2D eigenvalue weighted by molar-refractivity contribution is -0.123. The van der Waals surface area contributed by atoms with Gasteiger partial charge in [-0.15, -0.1) is 11.3 Å². The van der Waals surface area contributed by atoms with Crippen LogP contribution in [0.25, 0.3) is 0 Å². The van der Waals surface area contributed by atoms with Crippen LogP contribution in [0.4, 0.5) is 0 Å². The Kier molecular flexibility index (Phi) is 3.84. The lowest BCUT2D eigenvalue weighted by Gasteiger charge is -2.26. The number of hydrogen-bond acceptors (Lipinski definition) is 3. The van der Waals surface area contributed by atoms with Gasteiger partial charge >= 0.3 is 0 Å². The van der Waals surface area contributed by atoms with Gasteiger partial charge in [-0.2, -0.15) is 0 Å². The summed E-state index contributed by atoms with van der Waals surface area (Å²) in [7, 11) is 0. The van der Waals surface area contributed by atoms with Crippen LogP contribution in [0.15, 0.2) is 17.5 Å². The van der Waals surface area contributed by atoms with Crippen LogP contribution in [0.2, 0.25) is 0 Å². The molecule has 0 spiro atoms. The van der Waals surface area contributed by atoms with Crippen LogP contribution < -0.4 is 5.32 Å². The van der Waals surface area contributed by atoms with Gasteiger partial charge in [0.2, 0.25) is 5.91 Å². The van der Waals surface area contributed by atoms with Crippen LogP contribution in [-0.2, 0) is 10.4 Å². The van der Waals surface area contributed by atoms with Crippen LogP contribution >= 0.6 is 11.3 Å². The van der Waals surface area contributed by atoms with Crippen LogP contribution in [0.1, 0.15) is 37.5 Å². The Labute approximate surface area is 106 Å². The fraction of sp³-hybridized carbons (Fsp3) is 0.615. The second kappa shape index (κ2) is 5.19. The quantitative estimate of drug-likeness (QED) is 0.845. The van der Waals surface area contributed by atoms with Gasteiger partial charge in [-0.1, -0.05) is 12.5 Å². The molecule has 1 aliphatic rings. The minimum Gasteiger partial charge on any atom is -0.383 e. The van der Waals surface area contributed by atoms with E-state index in [9.17, 15) is 9.90 Å². The average Bonchev–Trinajstić information content (AvgIpc) is 2.74. The van der Waals surface area contributed by atoms with Crippen molar-refractivity contribution in [2.45, 2.75) is 38.2 Å². The minimum absolute atomic E-state index is 0.0616. The Balaban J connectivity index is 1.78. The van der Waals surface area contributed by atoms with Crippen molar-refractivity contribution in [2.75, 3.05) is 6.54 Å². The normalized spacial score (nSPS) is 19.4. The summed E-state index contributed by atoms with van der Waals surface area (Å²) in [6.07, 6.45) is 4.22. The molecule has 0 bridgehead atoms. The lowest BCUT2D eigenvalue weighted by Crippen LogP contribution is -2.39. The van der Waals surface area contributed by atoms with Crippen molar-refractivity contribution >= 4 is 17.2 Å². The number of hydrogen-bond donors (Lipinski definition) is 2. The molecule has 17 heavy (non-hydrogen) atoms. The molecule has 0 saturated heterocycles. The third-order valence-electron chi connectivity index (χ3n) is 3.38. The third kappa shape index (κ3) is 3.30. The molecule has 94 valence electrons. The summed E-state index contributed by atoms with van der Waals surface area (Å²) >= 11 is 1.51. The summed E-state index contributed by atoms with van der Waals surface area (Å²) in [5, 5.41) is 15.0. The molecular weight excluding hydrogens is 234 g/mol. The summed E-state index contributed by atoms with van der Waals surface area (Å²) in [6.45, 7) is 2.03. The second-order valence-corrected chi connectivity index (χ2v) is 5.98. The first kappa shape index (κ1) is 12.6. The van der Waals surface area contributed by atoms with Gasteiger partial charge < -0.3 is 10.4 Å². The van der Waals surface area contributed by atoms with Gasteiger partial charge in [0.15, 0.2) is 0 Å². The van der Waals surface area contributed by atoms with Crippen LogP contribution in [-0.4, -0.2) is 17.6 Å². The second-order valence-electron chi connectivity index (χ2n) is 5.03. The van der Waals surface area contributed by atoms with E-state index in [2.05, 4.69) is 5.32 Å². The van der Waals surface area contributed by atoms with Gasteiger partial charge in [0.05, 0.1) is 6.54 Å². The molecule has 1 atom stereocenters. The monoisotopic (exact) mass is 253 g/mol. The van der Waals surface area contributed by atoms with Crippen molar-refractivity contribution < 1.29 is 9.90 Å². The zero-order valence-electron chi connectivity index (χ0n) is 10.1. The van der Waals surface area contributed by atoms with Gasteiger partial charge in [-0.3, -0.25) is 4.79 Å². The average molecular weight is 253 g/mol. The zero-order valence-corrected chi connectivity index (χ0v) is 10.9. The summed E-state index contributed by atoms with van der Waals surface area (Å²) in [5.41, 5.74) is -0.955. The molecule has 1 saturated carbocycles. The Morgan fingerprint density at radius 3 is 2.94 bits per heavy atom. The molecule has 0 radical (unpaired) electrons. The van der Waals surface area contributed by atoms with E-state index < -0.39 is 5.60 Å². The van der Waals surface area contributed by atoms with E-state index in [0.29, 0.717) is 18.9 Å². The SMILES string of the molecule is CC(O)(CNC(=O)CC1CCC1)c1cccs1. The largest absolute Gasteiger partial charge is 0.383 e.